The maximum Gasteiger partial charge on any atom is 0.0642 e. The lowest BCUT2D eigenvalue weighted by Gasteiger charge is -2.29. The van der Waals surface area contributed by atoms with Gasteiger partial charge in [-0.05, 0) is 37.1 Å². The van der Waals surface area contributed by atoms with Gasteiger partial charge in [0.05, 0.1) is 13.2 Å². The Bertz CT molecular complexity index is 447. The molecule has 0 saturated carbocycles. The SMILES string of the molecule is O=S1CCC(Nc2ccc(N3CCOCC3)cc2)CC1. The number of rotatable bonds is 3. The fourth-order valence-corrected chi connectivity index (χ4v) is 4.06. The van der Waals surface area contributed by atoms with E-state index in [1.165, 1.54) is 11.4 Å². The van der Waals surface area contributed by atoms with Gasteiger partial charge in [-0.25, -0.2) is 0 Å². The lowest BCUT2D eigenvalue weighted by atomic mass is 10.1. The molecule has 1 N–H and O–H groups in total. The van der Waals surface area contributed by atoms with E-state index in [1.54, 1.807) is 0 Å². The van der Waals surface area contributed by atoms with E-state index in [-0.39, 0.29) is 0 Å². The van der Waals surface area contributed by atoms with Crippen molar-refractivity contribution in [3.8, 4) is 0 Å². The van der Waals surface area contributed by atoms with Gasteiger partial charge in [0, 0.05) is 52.8 Å². The van der Waals surface area contributed by atoms with E-state index in [1.807, 2.05) is 0 Å². The summed E-state index contributed by atoms with van der Waals surface area (Å²) in [6.07, 6.45) is 2.02. The number of morpholine rings is 1. The van der Waals surface area contributed by atoms with Crippen molar-refractivity contribution >= 4 is 22.2 Å². The first kappa shape index (κ1) is 13.9. The van der Waals surface area contributed by atoms with E-state index in [9.17, 15) is 4.21 Å². The summed E-state index contributed by atoms with van der Waals surface area (Å²) in [5.74, 6) is 1.67. The molecule has 0 amide bonds. The van der Waals surface area contributed by atoms with Crippen molar-refractivity contribution in [1.29, 1.82) is 0 Å². The molecule has 1 aromatic rings. The van der Waals surface area contributed by atoms with Crippen LogP contribution in [0.5, 0.6) is 0 Å². The minimum absolute atomic E-state index is 0.474. The van der Waals surface area contributed by atoms with Crippen molar-refractivity contribution in [3.05, 3.63) is 24.3 Å². The lowest BCUT2D eigenvalue weighted by molar-refractivity contribution is 0.122. The van der Waals surface area contributed by atoms with Crippen LogP contribution in [0.25, 0.3) is 0 Å². The maximum atomic E-state index is 11.3. The summed E-state index contributed by atoms with van der Waals surface area (Å²) < 4.78 is 16.7. The largest absolute Gasteiger partial charge is 0.382 e. The standard InChI is InChI=1S/C15H22N2O2S/c18-20-11-5-14(6-12-20)16-13-1-3-15(4-2-13)17-7-9-19-10-8-17/h1-4,14,16H,5-12H2. The molecule has 4 nitrogen and oxygen atoms in total. The predicted octanol–water partition coefficient (Wildman–Crippen LogP) is 1.85. The Morgan fingerprint density at radius 2 is 1.75 bits per heavy atom. The average Bonchev–Trinajstić information content (AvgIpc) is 2.51. The zero-order chi connectivity index (χ0) is 13.8. The van der Waals surface area contributed by atoms with Crippen molar-refractivity contribution in [1.82, 2.24) is 0 Å². The molecular formula is C15H22N2O2S. The average molecular weight is 294 g/mol. The van der Waals surface area contributed by atoms with Gasteiger partial charge in [0.25, 0.3) is 0 Å². The van der Waals surface area contributed by atoms with Crippen molar-refractivity contribution in [2.45, 2.75) is 18.9 Å². The highest BCUT2D eigenvalue weighted by Gasteiger charge is 2.17. The van der Waals surface area contributed by atoms with E-state index in [0.717, 1.165) is 50.7 Å². The first-order valence-corrected chi connectivity index (χ1v) is 8.84. The number of nitrogens with one attached hydrogen (secondary N) is 1. The van der Waals surface area contributed by atoms with Gasteiger partial charge < -0.3 is 15.0 Å². The van der Waals surface area contributed by atoms with Crippen LogP contribution in [0.4, 0.5) is 11.4 Å². The minimum atomic E-state index is -0.584. The van der Waals surface area contributed by atoms with E-state index < -0.39 is 10.8 Å². The summed E-state index contributed by atoms with van der Waals surface area (Å²) in [6.45, 7) is 3.58. The Balaban J connectivity index is 1.57. The summed E-state index contributed by atoms with van der Waals surface area (Å²) in [4.78, 5) is 2.36. The fraction of sp³-hybridized carbons (Fsp3) is 0.600. The third kappa shape index (κ3) is 3.52. The minimum Gasteiger partial charge on any atom is -0.382 e. The molecule has 2 aliphatic heterocycles. The van der Waals surface area contributed by atoms with Crippen molar-refractivity contribution in [2.24, 2.45) is 0 Å². The summed E-state index contributed by atoms with van der Waals surface area (Å²) in [6, 6.07) is 9.12. The van der Waals surface area contributed by atoms with Gasteiger partial charge in [-0.2, -0.15) is 0 Å². The van der Waals surface area contributed by atoms with Gasteiger partial charge in [-0.1, -0.05) is 0 Å². The molecule has 2 fully saturated rings. The molecule has 0 radical (unpaired) electrons. The van der Waals surface area contributed by atoms with E-state index >= 15 is 0 Å². The Hall–Kier alpha value is -1.07. The zero-order valence-electron chi connectivity index (χ0n) is 11.7. The molecule has 3 rings (SSSR count). The highest BCUT2D eigenvalue weighted by Crippen LogP contribution is 2.21. The second-order valence-corrected chi connectivity index (χ2v) is 7.11. The Kier molecular flexibility index (Phi) is 4.58. The Morgan fingerprint density at radius 3 is 2.40 bits per heavy atom. The molecule has 0 atom stereocenters. The topological polar surface area (TPSA) is 41.6 Å². The first-order valence-electron chi connectivity index (χ1n) is 7.35. The molecule has 0 spiro atoms. The zero-order valence-corrected chi connectivity index (χ0v) is 12.5. The van der Waals surface area contributed by atoms with Crippen LogP contribution in [0.2, 0.25) is 0 Å². The number of ether oxygens (including phenoxy) is 1. The number of hydrogen-bond donors (Lipinski definition) is 1. The molecule has 5 heteroatoms. The lowest BCUT2D eigenvalue weighted by Crippen LogP contribution is -2.36. The molecule has 0 aliphatic carbocycles. The van der Waals surface area contributed by atoms with Gasteiger partial charge in [0.15, 0.2) is 0 Å². The number of hydrogen-bond acceptors (Lipinski definition) is 4. The van der Waals surface area contributed by atoms with Gasteiger partial charge in [0.1, 0.15) is 0 Å². The monoisotopic (exact) mass is 294 g/mol. The first-order chi connectivity index (χ1) is 9.81. The molecular weight excluding hydrogens is 272 g/mol. The molecule has 0 aromatic heterocycles. The van der Waals surface area contributed by atoms with Crippen LogP contribution in [-0.4, -0.2) is 48.1 Å². The Labute approximate surface area is 123 Å². The summed E-state index contributed by atoms with van der Waals surface area (Å²) in [5.41, 5.74) is 2.43. The van der Waals surface area contributed by atoms with Crippen LogP contribution in [0, 0.1) is 0 Å². The summed E-state index contributed by atoms with van der Waals surface area (Å²) >= 11 is 0. The normalized spacial score (nSPS) is 27.3. The second kappa shape index (κ2) is 6.59. The van der Waals surface area contributed by atoms with Crippen molar-refractivity contribution < 1.29 is 8.95 Å². The molecule has 2 saturated heterocycles. The van der Waals surface area contributed by atoms with E-state index in [2.05, 4.69) is 34.5 Å². The van der Waals surface area contributed by atoms with E-state index in [4.69, 9.17) is 4.74 Å². The van der Waals surface area contributed by atoms with Crippen LogP contribution in [0.15, 0.2) is 24.3 Å². The van der Waals surface area contributed by atoms with Gasteiger partial charge in [-0.3, -0.25) is 4.21 Å². The van der Waals surface area contributed by atoms with Crippen LogP contribution in [-0.2, 0) is 15.5 Å². The van der Waals surface area contributed by atoms with Gasteiger partial charge in [0.2, 0.25) is 0 Å². The van der Waals surface area contributed by atoms with Crippen molar-refractivity contribution in [3.63, 3.8) is 0 Å². The van der Waals surface area contributed by atoms with E-state index in [0.29, 0.717) is 6.04 Å². The molecule has 2 heterocycles. The second-order valence-electron chi connectivity index (χ2n) is 5.41. The Morgan fingerprint density at radius 1 is 1.10 bits per heavy atom. The molecule has 1 aromatic carbocycles. The quantitative estimate of drug-likeness (QED) is 0.924. The van der Waals surface area contributed by atoms with Gasteiger partial charge >= 0.3 is 0 Å². The molecule has 0 unspecified atom stereocenters. The van der Waals surface area contributed by atoms with Crippen LogP contribution in [0.3, 0.4) is 0 Å². The third-order valence-corrected chi connectivity index (χ3v) is 5.38. The summed E-state index contributed by atoms with van der Waals surface area (Å²) in [7, 11) is -0.584. The highest BCUT2D eigenvalue weighted by molar-refractivity contribution is 7.85. The van der Waals surface area contributed by atoms with Gasteiger partial charge in [-0.15, -0.1) is 0 Å². The molecule has 110 valence electrons. The van der Waals surface area contributed by atoms with Crippen LogP contribution < -0.4 is 10.2 Å². The maximum absolute atomic E-state index is 11.3. The van der Waals surface area contributed by atoms with Crippen molar-refractivity contribution in [2.75, 3.05) is 48.0 Å². The predicted molar refractivity (Wildman–Crippen MR) is 84.0 cm³/mol. The number of nitrogens with zero attached hydrogens (tertiary/aromatic N) is 1. The fourth-order valence-electron chi connectivity index (χ4n) is 2.76. The third-order valence-electron chi connectivity index (χ3n) is 4.00. The number of benzene rings is 1. The smallest absolute Gasteiger partial charge is 0.0642 e. The molecule has 0 bridgehead atoms. The van der Waals surface area contributed by atoms with Crippen LogP contribution in [0.1, 0.15) is 12.8 Å². The number of anilines is 2. The highest BCUT2D eigenvalue weighted by atomic mass is 32.2. The summed E-state index contributed by atoms with van der Waals surface area (Å²) in [5, 5.41) is 3.55. The molecule has 20 heavy (non-hydrogen) atoms. The molecule has 2 aliphatic rings. The van der Waals surface area contributed by atoms with Crippen LogP contribution >= 0.6 is 0 Å².